The Morgan fingerprint density at radius 2 is 2.09 bits per heavy atom. The number of carbonyl (C=O) groups is 1. The van der Waals surface area contributed by atoms with E-state index in [1.165, 1.54) is 23.5 Å². The van der Waals surface area contributed by atoms with E-state index in [-0.39, 0.29) is 17.8 Å². The zero-order valence-electron chi connectivity index (χ0n) is 17.4. The van der Waals surface area contributed by atoms with Crippen molar-refractivity contribution in [2.45, 2.75) is 44.2 Å². The molecule has 4 rings (SSSR count). The molecule has 0 unspecified atom stereocenters. The number of aryl methyl sites for hydroxylation is 1. The van der Waals surface area contributed by atoms with E-state index in [9.17, 15) is 19.1 Å². The van der Waals surface area contributed by atoms with Gasteiger partial charge in [0.25, 0.3) is 0 Å². The number of rotatable bonds is 9. The molecule has 7 nitrogen and oxygen atoms in total. The Bertz CT molecular complexity index is 1130. The highest BCUT2D eigenvalue weighted by Gasteiger charge is 2.28. The summed E-state index contributed by atoms with van der Waals surface area (Å²) in [7, 11) is 0. The van der Waals surface area contributed by atoms with E-state index in [2.05, 4.69) is 14.7 Å². The quantitative estimate of drug-likeness (QED) is 0.480. The first-order chi connectivity index (χ1) is 15.5. The van der Waals surface area contributed by atoms with Crippen LogP contribution < -0.4 is 5.76 Å². The van der Waals surface area contributed by atoms with Gasteiger partial charge >= 0.3 is 5.76 Å². The van der Waals surface area contributed by atoms with Crippen molar-refractivity contribution >= 4 is 17.2 Å². The highest BCUT2D eigenvalue weighted by Crippen LogP contribution is 2.26. The fourth-order valence-corrected chi connectivity index (χ4v) is 4.82. The Labute approximate surface area is 188 Å². The minimum Gasteiger partial charge on any atom is -0.389 e. The number of halogens is 1. The summed E-state index contributed by atoms with van der Waals surface area (Å²) in [6.45, 7) is 0.635. The van der Waals surface area contributed by atoms with Gasteiger partial charge in [-0.2, -0.15) is 0 Å². The maximum atomic E-state index is 13.0. The second kappa shape index (κ2) is 10.1. The van der Waals surface area contributed by atoms with Gasteiger partial charge < -0.3 is 10.0 Å². The fraction of sp³-hybridized carbons (Fsp3) is 0.348. The molecule has 9 heteroatoms. The normalized spacial score (nSPS) is 17.5. The van der Waals surface area contributed by atoms with Crippen molar-refractivity contribution in [3.05, 3.63) is 75.4 Å². The van der Waals surface area contributed by atoms with Gasteiger partial charge in [0.15, 0.2) is 5.82 Å². The lowest BCUT2D eigenvalue weighted by Gasteiger charge is -2.22. The monoisotopic (exact) mass is 457 g/mol. The molecule has 0 aliphatic carbocycles. The van der Waals surface area contributed by atoms with E-state index >= 15 is 0 Å². The fourth-order valence-electron chi connectivity index (χ4n) is 3.83. The summed E-state index contributed by atoms with van der Waals surface area (Å²) in [4.78, 5) is 29.8. The summed E-state index contributed by atoms with van der Waals surface area (Å²) in [5, 5.41) is 14.0. The Hall–Kier alpha value is -3.04. The Morgan fingerprint density at radius 3 is 2.84 bits per heavy atom. The molecule has 1 amide bonds. The first-order valence-corrected chi connectivity index (χ1v) is 11.3. The molecule has 0 spiro atoms. The van der Waals surface area contributed by atoms with Gasteiger partial charge in [-0.25, -0.2) is 9.18 Å². The highest BCUT2D eigenvalue weighted by atomic mass is 32.1. The van der Waals surface area contributed by atoms with Gasteiger partial charge in [0.05, 0.1) is 17.0 Å². The number of likely N-dealkylation sites (tertiary alicyclic amines) is 1. The Kier molecular flexibility index (Phi) is 6.96. The lowest BCUT2D eigenvalue weighted by molar-refractivity contribution is -0.128. The number of nitrogens with zero attached hydrogens (tertiary/aromatic N) is 2. The molecule has 168 valence electrons. The first kappa shape index (κ1) is 22.2. The molecule has 1 aliphatic rings. The SMILES string of the molecule is O=C1CC[C@H](C=C[C@@H](O)Cc2ccc(F)cc2)N1CCCc1ccc(-c2noc(=O)[nH]2)s1. The third kappa shape index (κ3) is 5.60. The standard InChI is InChI=1S/C23H24FN3O4S/c24-16-5-3-15(4-6-16)14-18(28)9-7-17-8-12-21(29)27(17)13-1-2-19-10-11-20(32-19)22-25-23(30)31-26-22/h3-7,9-11,17-18,28H,1-2,8,12-14H2,(H,25,26,30)/t17-,18+/m0/s1. The summed E-state index contributed by atoms with van der Waals surface area (Å²) in [6.07, 6.45) is 6.20. The summed E-state index contributed by atoms with van der Waals surface area (Å²) < 4.78 is 17.6. The molecule has 1 saturated heterocycles. The second-order valence-corrected chi connectivity index (χ2v) is 8.96. The van der Waals surface area contributed by atoms with Crippen molar-refractivity contribution in [3.63, 3.8) is 0 Å². The van der Waals surface area contributed by atoms with Crippen molar-refractivity contribution in [2.24, 2.45) is 0 Å². The smallest absolute Gasteiger partial charge is 0.389 e. The van der Waals surface area contributed by atoms with Crippen LogP contribution >= 0.6 is 11.3 Å². The van der Waals surface area contributed by atoms with Crippen molar-refractivity contribution in [3.8, 4) is 10.7 Å². The second-order valence-electron chi connectivity index (χ2n) is 7.79. The number of thiophene rings is 1. The molecule has 2 aromatic heterocycles. The molecule has 3 heterocycles. The van der Waals surface area contributed by atoms with Crippen LogP contribution in [0.1, 0.15) is 29.7 Å². The molecule has 32 heavy (non-hydrogen) atoms. The van der Waals surface area contributed by atoms with Gasteiger partial charge in [0.1, 0.15) is 5.82 Å². The van der Waals surface area contributed by atoms with E-state index in [1.54, 1.807) is 18.2 Å². The highest BCUT2D eigenvalue weighted by molar-refractivity contribution is 7.15. The van der Waals surface area contributed by atoms with E-state index < -0.39 is 11.9 Å². The van der Waals surface area contributed by atoms with E-state index in [1.807, 2.05) is 23.1 Å². The largest absolute Gasteiger partial charge is 0.439 e. The van der Waals surface area contributed by atoms with Crippen LogP contribution in [0.15, 0.2) is 57.9 Å². The topological polar surface area (TPSA) is 99.4 Å². The maximum Gasteiger partial charge on any atom is 0.439 e. The molecule has 2 atom stereocenters. The molecular formula is C23H24FN3O4S. The Balaban J connectivity index is 1.28. The third-order valence-corrected chi connectivity index (χ3v) is 6.60. The summed E-state index contributed by atoms with van der Waals surface area (Å²) in [5.41, 5.74) is 0.855. The number of amides is 1. The Morgan fingerprint density at radius 1 is 1.28 bits per heavy atom. The average Bonchev–Trinajstić information content (AvgIpc) is 3.50. The van der Waals surface area contributed by atoms with Gasteiger partial charge in [-0.05, 0) is 49.1 Å². The van der Waals surface area contributed by atoms with Crippen LogP contribution in [0.4, 0.5) is 4.39 Å². The first-order valence-electron chi connectivity index (χ1n) is 10.5. The van der Waals surface area contributed by atoms with Crippen LogP contribution in [-0.4, -0.2) is 44.7 Å². The number of hydrogen-bond acceptors (Lipinski definition) is 6. The lowest BCUT2D eigenvalue weighted by Crippen LogP contribution is -2.33. The maximum absolute atomic E-state index is 13.0. The molecule has 1 fully saturated rings. The van der Waals surface area contributed by atoms with Gasteiger partial charge in [0, 0.05) is 24.3 Å². The number of carbonyl (C=O) groups excluding carboxylic acids is 1. The van der Waals surface area contributed by atoms with Crippen LogP contribution in [0.5, 0.6) is 0 Å². The summed E-state index contributed by atoms with van der Waals surface area (Å²) in [6, 6.07) is 9.94. The van der Waals surface area contributed by atoms with Gasteiger partial charge in [0.2, 0.25) is 5.91 Å². The number of aliphatic hydroxyl groups is 1. The van der Waals surface area contributed by atoms with Gasteiger partial charge in [-0.15, -0.1) is 11.3 Å². The van der Waals surface area contributed by atoms with E-state index in [4.69, 9.17) is 0 Å². The minimum absolute atomic E-state index is 0.0236. The predicted molar refractivity (Wildman–Crippen MR) is 119 cm³/mol. The van der Waals surface area contributed by atoms with Crippen LogP contribution in [0.3, 0.4) is 0 Å². The van der Waals surface area contributed by atoms with E-state index in [0.29, 0.717) is 25.2 Å². The van der Waals surface area contributed by atoms with Crippen molar-refractivity contribution in [2.75, 3.05) is 6.54 Å². The van der Waals surface area contributed by atoms with Gasteiger partial charge in [-0.1, -0.05) is 29.4 Å². The zero-order chi connectivity index (χ0) is 22.5. The number of aliphatic hydroxyl groups excluding tert-OH is 1. The molecular weight excluding hydrogens is 433 g/mol. The molecule has 1 aromatic carbocycles. The molecule has 0 bridgehead atoms. The average molecular weight is 458 g/mol. The van der Waals surface area contributed by atoms with Crippen molar-refractivity contribution in [1.82, 2.24) is 15.0 Å². The number of hydrogen-bond donors (Lipinski definition) is 2. The van der Waals surface area contributed by atoms with Gasteiger partial charge in [-0.3, -0.25) is 14.3 Å². The third-order valence-electron chi connectivity index (χ3n) is 5.45. The van der Waals surface area contributed by atoms with Crippen LogP contribution in [0.2, 0.25) is 0 Å². The van der Waals surface area contributed by atoms with Crippen molar-refractivity contribution < 1.29 is 18.8 Å². The summed E-state index contributed by atoms with van der Waals surface area (Å²) >= 11 is 1.53. The number of nitrogens with one attached hydrogen (secondary N) is 1. The number of aromatic nitrogens is 2. The molecule has 0 radical (unpaired) electrons. The molecule has 2 N–H and O–H groups in total. The molecule has 3 aromatic rings. The van der Waals surface area contributed by atoms with E-state index in [0.717, 1.165) is 34.6 Å². The molecule has 1 aliphatic heterocycles. The van der Waals surface area contributed by atoms with Crippen molar-refractivity contribution in [1.29, 1.82) is 0 Å². The predicted octanol–water partition coefficient (Wildman–Crippen LogP) is 3.31. The molecule has 0 saturated carbocycles. The zero-order valence-corrected chi connectivity index (χ0v) is 18.2. The number of benzene rings is 1. The lowest BCUT2D eigenvalue weighted by atomic mass is 10.1. The van der Waals surface area contributed by atoms with Crippen LogP contribution in [0, 0.1) is 5.82 Å². The number of H-pyrrole nitrogens is 1. The minimum atomic E-state index is -0.689. The summed E-state index contributed by atoms with van der Waals surface area (Å²) in [5.74, 6) is -0.333. The van der Waals surface area contributed by atoms with Crippen LogP contribution in [-0.2, 0) is 17.6 Å². The van der Waals surface area contributed by atoms with Crippen LogP contribution in [0.25, 0.3) is 10.7 Å². The number of aromatic amines is 1.